The molecule has 0 aromatic carbocycles. The smallest absolute Gasteiger partial charge is 0.226 e. The highest BCUT2D eigenvalue weighted by Crippen LogP contribution is 2.18. The lowest BCUT2D eigenvalue weighted by molar-refractivity contribution is -0.877. The van der Waals surface area contributed by atoms with Gasteiger partial charge in [0.1, 0.15) is 6.10 Å². The van der Waals surface area contributed by atoms with E-state index in [0.717, 1.165) is 25.7 Å². The van der Waals surface area contributed by atoms with Crippen LogP contribution in [0.15, 0.2) is 0 Å². The maximum atomic E-state index is 13.2. The molecule has 0 fully saturated rings. The van der Waals surface area contributed by atoms with Crippen molar-refractivity contribution in [2.45, 2.75) is 219 Å². The molecule has 2 atom stereocenters. The minimum Gasteiger partial charge on any atom is -0.385 e. The molecule has 256 valence electrons. The molecule has 0 spiro atoms. The number of ketones is 2. The lowest BCUT2D eigenvalue weighted by atomic mass is 9.94. The Kier molecular flexibility index (Phi) is 29.4. The third-order valence-electron chi connectivity index (χ3n) is 9.29. The number of unbranched alkanes of at least 4 members (excludes halogenated alkanes) is 26. The van der Waals surface area contributed by atoms with E-state index in [4.69, 9.17) is 0 Å². The zero-order valence-electron chi connectivity index (χ0n) is 30.1. The maximum Gasteiger partial charge on any atom is 0.226 e. The van der Waals surface area contributed by atoms with Gasteiger partial charge < -0.3 is 9.59 Å². The van der Waals surface area contributed by atoms with Crippen LogP contribution in [0.3, 0.4) is 0 Å². The van der Waals surface area contributed by atoms with E-state index in [1.807, 2.05) is 21.1 Å². The van der Waals surface area contributed by atoms with Crippen molar-refractivity contribution in [3.63, 3.8) is 0 Å². The molecule has 0 aromatic heterocycles. The number of Topliss-reactive ketones (excluding diaryl/α,β-unsaturated/α-hetero) is 2. The largest absolute Gasteiger partial charge is 0.385 e. The van der Waals surface area contributed by atoms with Crippen molar-refractivity contribution in [3.8, 4) is 0 Å². The van der Waals surface area contributed by atoms with E-state index in [1.54, 1.807) is 0 Å². The number of rotatable bonds is 34. The van der Waals surface area contributed by atoms with Gasteiger partial charge >= 0.3 is 0 Å². The molecule has 1 N–H and O–H groups in total. The van der Waals surface area contributed by atoms with Gasteiger partial charge in [0.2, 0.25) is 11.8 Å². The third kappa shape index (κ3) is 26.2. The van der Waals surface area contributed by atoms with Crippen LogP contribution in [0.1, 0.15) is 206 Å². The number of hydrogen-bond donors (Lipinski definition) is 1. The van der Waals surface area contributed by atoms with Crippen LogP contribution < -0.4 is 0 Å². The Morgan fingerprint density at radius 1 is 0.465 bits per heavy atom. The number of carbonyl (C=O) groups is 2. The number of aliphatic hydroxyl groups is 1. The minimum absolute atomic E-state index is 0.0103. The normalized spacial score (nSPS) is 13.3. The van der Waals surface area contributed by atoms with Crippen LogP contribution in [-0.4, -0.2) is 54.4 Å². The summed E-state index contributed by atoms with van der Waals surface area (Å²) >= 11 is 0. The number of likely N-dealkylation sites (N-methyl/N-ethyl adjacent to an activating group) is 1. The summed E-state index contributed by atoms with van der Waals surface area (Å²) in [5.74, 6) is -0.256. The Labute approximate surface area is 270 Å². The monoisotopic (exact) mass is 609 g/mol. The summed E-state index contributed by atoms with van der Waals surface area (Å²) in [6.07, 6.45) is 36.0. The second kappa shape index (κ2) is 29.9. The second-order valence-electron chi connectivity index (χ2n) is 14.6. The van der Waals surface area contributed by atoms with Gasteiger partial charge in [0, 0.05) is 6.42 Å². The first-order valence-electron chi connectivity index (χ1n) is 19.3. The van der Waals surface area contributed by atoms with Crippen LogP contribution in [0.5, 0.6) is 0 Å². The van der Waals surface area contributed by atoms with E-state index in [9.17, 15) is 14.7 Å². The van der Waals surface area contributed by atoms with Crippen LogP contribution in [-0.2, 0) is 9.59 Å². The number of nitrogens with zero attached hydrogens (tertiary/aromatic N) is 1. The van der Waals surface area contributed by atoms with E-state index >= 15 is 0 Å². The van der Waals surface area contributed by atoms with Crippen molar-refractivity contribution >= 4 is 11.6 Å². The van der Waals surface area contributed by atoms with Gasteiger partial charge in [-0.3, -0.25) is 9.59 Å². The summed E-state index contributed by atoms with van der Waals surface area (Å²) in [4.78, 5) is 26.3. The van der Waals surface area contributed by atoms with Gasteiger partial charge in [0.25, 0.3) is 0 Å². The third-order valence-corrected chi connectivity index (χ3v) is 9.29. The lowest BCUT2D eigenvalue weighted by Gasteiger charge is -2.33. The molecule has 0 radical (unpaired) electrons. The fraction of sp³-hybridized carbons (Fsp3) is 0.949. The second-order valence-corrected chi connectivity index (χ2v) is 14.6. The molecular formula is C39H78NO3+. The fourth-order valence-corrected chi connectivity index (χ4v) is 6.46. The van der Waals surface area contributed by atoms with Gasteiger partial charge in [-0.1, -0.05) is 187 Å². The van der Waals surface area contributed by atoms with E-state index < -0.39 is 12.1 Å². The average Bonchev–Trinajstić information content (AvgIpc) is 2.96. The Hall–Kier alpha value is -0.740. The van der Waals surface area contributed by atoms with Crippen molar-refractivity contribution in [1.82, 2.24) is 0 Å². The van der Waals surface area contributed by atoms with Crippen LogP contribution in [0.25, 0.3) is 0 Å². The summed E-state index contributed by atoms with van der Waals surface area (Å²) in [5, 5.41) is 10.7. The molecule has 0 aliphatic rings. The van der Waals surface area contributed by atoms with Crippen molar-refractivity contribution in [2.75, 3.05) is 21.1 Å². The Bertz CT molecular complexity index is 626. The molecule has 0 aromatic rings. The molecule has 4 heteroatoms. The van der Waals surface area contributed by atoms with Gasteiger partial charge in [-0.05, 0) is 12.8 Å². The molecule has 0 bridgehead atoms. The van der Waals surface area contributed by atoms with Gasteiger partial charge in [-0.15, -0.1) is 0 Å². The lowest BCUT2D eigenvalue weighted by Crippen LogP contribution is -2.57. The van der Waals surface area contributed by atoms with E-state index in [-0.39, 0.29) is 16.0 Å². The molecule has 0 saturated carbocycles. The first-order valence-corrected chi connectivity index (χ1v) is 19.3. The van der Waals surface area contributed by atoms with E-state index in [2.05, 4.69) is 13.8 Å². The van der Waals surface area contributed by atoms with Crippen LogP contribution in [0.4, 0.5) is 0 Å². The fourth-order valence-electron chi connectivity index (χ4n) is 6.46. The van der Waals surface area contributed by atoms with Gasteiger partial charge in [0.15, 0.2) is 5.78 Å². The highest BCUT2D eigenvalue weighted by Gasteiger charge is 2.40. The number of carbonyl (C=O) groups excluding carboxylic acids is 2. The van der Waals surface area contributed by atoms with Crippen LogP contribution in [0, 0.1) is 0 Å². The molecular weight excluding hydrogens is 530 g/mol. The van der Waals surface area contributed by atoms with Gasteiger partial charge in [-0.2, -0.15) is 0 Å². The van der Waals surface area contributed by atoms with Crippen LogP contribution >= 0.6 is 0 Å². The molecule has 0 aliphatic heterocycles. The minimum atomic E-state index is -1.01. The summed E-state index contributed by atoms with van der Waals surface area (Å²) in [7, 11) is 5.72. The summed E-state index contributed by atoms with van der Waals surface area (Å²) in [6.45, 7) is 4.54. The predicted octanol–water partition coefficient (Wildman–Crippen LogP) is 11.3. The molecule has 2 unspecified atom stereocenters. The topological polar surface area (TPSA) is 54.4 Å². The first-order chi connectivity index (χ1) is 20.8. The molecule has 0 saturated heterocycles. The zero-order valence-corrected chi connectivity index (χ0v) is 30.1. The Morgan fingerprint density at radius 3 is 1.05 bits per heavy atom. The van der Waals surface area contributed by atoms with Crippen molar-refractivity contribution in [1.29, 1.82) is 0 Å². The SMILES string of the molecule is CCCCCCCCCCCCCCCCCC(O)C(=O)C(C(=O)CCCCCCCCCCCCCCC)[N+](C)(C)C. The average molecular weight is 609 g/mol. The number of quaternary nitrogens is 1. The number of aliphatic hydroxyl groups excluding tert-OH is 1. The summed E-state index contributed by atoms with van der Waals surface area (Å²) in [6, 6.07) is -0.747. The molecule has 0 heterocycles. The van der Waals surface area contributed by atoms with E-state index in [0.29, 0.717) is 12.8 Å². The van der Waals surface area contributed by atoms with Crippen molar-refractivity contribution < 1.29 is 19.2 Å². The highest BCUT2D eigenvalue weighted by molar-refractivity contribution is 6.06. The quantitative estimate of drug-likeness (QED) is 0.0449. The predicted molar refractivity (Wildman–Crippen MR) is 188 cm³/mol. The summed E-state index contributed by atoms with van der Waals surface area (Å²) in [5.41, 5.74) is 0. The van der Waals surface area contributed by atoms with Crippen LogP contribution in [0.2, 0.25) is 0 Å². The molecule has 4 nitrogen and oxygen atoms in total. The highest BCUT2D eigenvalue weighted by atomic mass is 16.3. The van der Waals surface area contributed by atoms with E-state index in [1.165, 1.54) is 154 Å². The van der Waals surface area contributed by atoms with Crippen molar-refractivity contribution in [2.24, 2.45) is 0 Å². The zero-order chi connectivity index (χ0) is 32.0. The van der Waals surface area contributed by atoms with Gasteiger partial charge in [0.05, 0.1) is 21.1 Å². The Balaban J connectivity index is 3.94. The standard InChI is InChI=1S/C39H78NO3/c1-6-8-10-12-14-16-18-20-21-23-25-27-29-31-33-35-37(42)39(43)38(40(3,4)5)36(41)34-32-30-28-26-24-22-19-17-15-13-11-9-7-2/h37-38,42H,6-35H2,1-5H3/q+1. The molecule has 0 rings (SSSR count). The molecule has 0 amide bonds. The van der Waals surface area contributed by atoms with Crippen molar-refractivity contribution in [3.05, 3.63) is 0 Å². The Morgan fingerprint density at radius 2 is 0.744 bits per heavy atom. The molecule has 43 heavy (non-hydrogen) atoms. The van der Waals surface area contributed by atoms with Gasteiger partial charge in [-0.25, -0.2) is 0 Å². The first kappa shape index (κ1) is 42.3. The summed E-state index contributed by atoms with van der Waals surface area (Å²) < 4.78 is 0.270. The maximum absolute atomic E-state index is 13.2. The molecule has 0 aliphatic carbocycles. The number of hydrogen-bond acceptors (Lipinski definition) is 3.